The Morgan fingerprint density at radius 2 is 2.19 bits per heavy atom. The predicted octanol–water partition coefficient (Wildman–Crippen LogP) is 2.16. The van der Waals surface area contributed by atoms with Gasteiger partial charge >= 0.3 is 0 Å². The number of rotatable bonds is 5. The number of para-hydroxylation sites is 1. The molecule has 1 amide bonds. The molecule has 7 nitrogen and oxygen atoms in total. The van der Waals surface area contributed by atoms with Crippen LogP contribution in [0, 0.1) is 12.8 Å². The van der Waals surface area contributed by atoms with Gasteiger partial charge in [-0.1, -0.05) is 17.3 Å². The van der Waals surface area contributed by atoms with Crippen LogP contribution in [0.5, 0.6) is 0 Å². The summed E-state index contributed by atoms with van der Waals surface area (Å²) in [7, 11) is 0. The molecule has 0 spiro atoms. The molecule has 1 aliphatic rings. The summed E-state index contributed by atoms with van der Waals surface area (Å²) in [4.78, 5) is 12.9. The Morgan fingerprint density at radius 1 is 1.31 bits per heavy atom. The van der Waals surface area contributed by atoms with Gasteiger partial charge in [0.2, 0.25) is 0 Å². The molecule has 1 fully saturated rings. The molecule has 3 heterocycles. The van der Waals surface area contributed by atoms with Crippen LogP contribution in [0.15, 0.2) is 53.3 Å². The van der Waals surface area contributed by atoms with Crippen molar-refractivity contribution in [2.45, 2.75) is 19.4 Å². The molecule has 0 aliphatic carbocycles. The van der Waals surface area contributed by atoms with Gasteiger partial charge in [0.1, 0.15) is 5.76 Å². The van der Waals surface area contributed by atoms with Crippen LogP contribution in [0.1, 0.15) is 21.8 Å². The molecule has 3 aromatic rings. The van der Waals surface area contributed by atoms with Crippen LogP contribution in [-0.2, 0) is 11.2 Å². The molecule has 0 unspecified atom stereocenters. The Bertz CT molecular complexity index is 888. The van der Waals surface area contributed by atoms with Crippen LogP contribution >= 0.6 is 0 Å². The largest absolute Gasteiger partial charge is 0.379 e. The second kappa shape index (κ2) is 7.13. The number of nitrogens with one attached hydrogen (secondary N) is 1. The highest BCUT2D eigenvalue weighted by atomic mass is 16.5. The van der Waals surface area contributed by atoms with Gasteiger partial charge < -0.3 is 14.6 Å². The van der Waals surface area contributed by atoms with Crippen molar-refractivity contribution in [2.75, 3.05) is 13.2 Å². The molecule has 1 N–H and O–H groups in total. The second-order valence-corrected chi connectivity index (χ2v) is 6.48. The topological polar surface area (TPSA) is 82.2 Å². The molecule has 26 heavy (non-hydrogen) atoms. The van der Waals surface area contributed by atoms with Gasteiger partial charge in [-0.15, -0.1) is 0 Å². The number of hydrogen-bond donors (Lipinski definition) is 1. The fraction of sp³-hybridized carbons (Fsp3) is 0.316. The van der Waals surface area contributed by atoms with Gasteiger partial charge in [0.15, 0.2) is 0 Å². The van der Waals surface area contributed by atoms with Crippen LogP contribution in [0.2, 0.25) is 0 Å². The molecular weight excluding hydrogens is 332 g/mol. The van der Waals surface area contributed by atoms with Gasteiger partial charge in [0, 0.05) is 30.8 Å². The molecule has 0 bridgehead atoms. The molecule has 0 radical (unpaired) electrons. The summed E-state index contributed by atoms with van der Waals surface area (Å²) < 4.78 is 12.6. The fourth-order valence-corrected chi connectivity index (χ4v) is 3.25. The predicted molar refractivity (Wildman–Crippen MR) is 94.1 cm³/mol. The van der Waals surface area contributed by atoms with Crippen LogP contribution < -0.4 is 5.32 Å². The number of amides is 1. The number of benzene rings is 1. The summed E-state index contributed by atoms with van der Waals surface area (Å²) in [5.41, 5.74) is 2.18. The third-order valence-electron chi connectivity index (χ3n) is 4.55. The smallest absolute Gasteiger partial charge is 0.253 e. The Kier molecular flexibility index (Phi) is 4.53. The third-order valence-corrected chi connectivity index (χ3v) is 4.55. The van der Waals surface area contributed by atoms with Gasteiger partial charge in [-0.25, -0.2) is 4.68 Å². The minimum Gasteiger partial charge on any atom is -0.379 e. The van der Waals surface area contributed by atoms with Gasteiger partial charge in [0.25, 0.3) is 5.91 Å². The lowest BCUT2D eigenvalue weighted by atomic mass is 9.97. The van der Waals surface area contributed by atoms with Crippen molar-refractivity contribution in [2.24, 2.45) is 5.92 Å². The van der Waals surface area contributed by atoms with E-state index in [1.807, 2.05) is 43.5 Å². The molecule has 0 saturated carbocycles. The van der Waals surface area contributed by atoms with Crippen molar-refractivity contribution in [1.82, 2.24) is 20.3 Å². The number of hydrogen-bond acceptors (Lipinski definition) is 5. The Morgan fingerprint density at radius 3 is 2.96 bits per heavy atom. The first kappa shape index (κ1) is 16.5. The molecule has 1 aliphatic heterocycles. The van der Waals surface area contributed by atoms with Crippen molar-refractivity contribution in [3.63, 3.8) is 0 Å². The molecule has 7 heteroatoms. The van der Waals surface area contributed by atoms with Gasteiger partial charge in [-0.2, -0.15) is 5.10 Å². The van der Waals surface area contributed by atoms with Crippen molar-refractivity contribution >= 4 is 5.91 Å². The highest BCUT2D eigenvalue weighted by Gasteiger charge is 2.31. The molecule has 4 rings (SSSR count). The first-order valence-corrected chi connectivity index (χ1v) is 8.60. The lowest BCUT2D eigenvalue weighted by Gasteiger charge is -2.19. The zero-order valence-electron chi connectivity index (χ0n) is 14.5. The number of aromatic nitrogens is 3. The average molecular weight is 352 g/mol. The van der Waals surface area contributed by atoms with E-state index in [9.17, 15) is 4.79 Å². The van der Waals surface area contributed by atoms with E-state index in [0.717, 1.165) is 17.1 Å². The van der Waals surface area contributed by atoms with E-state index in [4.69, 9.17) is 9.26 Å². The first-order chi connectivity index (χ1) is 12.7. The van der Waals surface area contributed by atoms with Gasteiger partial charge in [-0.05, 0) is 25.1 Å². The van der Waals surface area contributed by atoms with E-state index in [1.54, 1.807) is 16.9 Å². The molecule has 1 aromatic carbocycles. The lowest BCUT2D eigenvalue weighted by Crippen LogP contribution is -2.41. The summed E-state index contributed by atoms with van der Waals surface area (Å²) in [5.74, 6) is 0.836. The van der Waals surface area contributed by atoms with Crippen LogP contribution in [0.25, 0.3) is 5.69 Å². The van der Waals surface area contributed by atoms with Crippen molar-refractivity contribution < 1.29 is 14.1 Å². The zero-order valence-corrected chi connectivity index (χ0v) is 14.5. The summed E-state index contributed by atoms with van der Waals surface area (Å²) in [5, 5.41) is 11.3. The molecular formula is C19H20N4O3. The highest BCUT2D eigenvalue weighted by Crippen LogP contribution is 2.21. The minimum atomic E-state index is -0.134. The lowest BCUT2D eigenvalue weighted by molar-refractivity contribution is 0.0924. The Labute approximate surface area is 150 Å². The number of aryl methyl sites for hydroxylation is 1. The summed E-state index contributed by atoms with van der Waals surface area (Å²) in [6.07, 6.45) is 4.20. The maximum atomic E-state index is 12.9. The van der Waals surface area contributed by atoms with Crippen molar-refractivity contribution in [3.05, 3.63) is 65.8 Å². The summed E-state index contributed by atoms with van der Waals surface area (Å²) in [6.45, 7) is 2.97. The van der Waals surface area contributed by atoms with E-state index >= 15 is 0 Å². The SMILES string of the molecule is Cc1cc(C[C@@H]2COC[C@@H]2NC(=O)c2ccccc2-n2cccn2)on1. The normalized spacial score (nSPS) is 19.6. The third kappa shape index (κ3) is 3.39. The molecule has 134 valence electrons. The molecule has 2 atom stereocenters. The Balaban J connectivity index is 1.49. The monoisotopic (exact) mass is 352 g/mol. The number of carbonyl (C=O) groups excluding carboxylic acids is 1. The number of carbonyl (C=O) groups is 1. The maximum absolute atomic E-state index is 12.9. The van der Waals surface area contributed by atoms with Gasteiger partial charge in [-0.3, -0.25) is 4.79 Å². The maximum Gasteiger partial charge on any atom is 0.253 e. The first-order valence-electron chi connectivity index (χ1n) is 8.60. The van der Waals surface area contributed by atoms with E-state index in [1.165, 1.54) is 0 Å². The Hall–Kier alpha value is -2.93. The van der Waals surface area contributed by atoms with E-state index in [0.29, 0.717) is 25.2 Å². The second-order valence-electron chi connectivity index (χ2n) is 6.48. The minimum absolute atomic E-state index is 0.0708. The standard InChI is InChI=1S/C19H20N4O3/c1-13-9-15(26-22-13)10-14-11-25-12-17(14)21-19(24)16-5-2-3-6-18(16)23-8-4-7-20-23/h2-9,14,17H,10-12H2,1H3,(H,21,24)/t14-,17+/m1/s1. The van der Waals surface area contributed by atoms with Gasteiger partial charge in [0.05, 0.1) is 36.2 Å². The molecule has 2 aromatic heterocycles. The number of ether oxygens (including phenoxy) is 1. The van der Waals surface area contributed by atoms with E-state index in [-0.39, 0.29) is 17.9 Å². The quantitative estimate of drug-likeness (QED) is 0.761. The summed E-state index contributed by atoms with van der Waals surface area (Å²) >= 11 is 0. The number of nitrogens with zero attached hydrogens (tertiary/aromatic N) is 3. The fourth-order valence-electron chi connectivity index (χ4n) is 3.25. The molecule has 1 saturated heterocycles. The van der Waals surface area contributed by atoms with Crippen LogP contribution in [0.3, 0.4) is 0 Å². The average Bonchev–Trinajstić information content (AvgIpc) is 3.39. The van der Waals surface area contributed by atoms with Crippen molar-refractivity contribution in [3.8, 4) is 5.69 Å². The van der Waals surface area contributed by atoms with E-state index in [2.05, 4.69) is 15.6 Å². The van der Waals surface area contributed by atoms with Crippen LogP contribution in [-0.4, -0.2) is 40.1 Å². The summed E-state index contributed by atoms with van der Waals surface area (Å²) in [6, 6.07) is 11.1. The van der Waals surface area contributed by atoms with Crippen LogP contribution in [0.4, 0.5) is 0 Å². The zero-order chi connectivity index (χ0) is 17.9. The highest BCUT2D eigenvalue weighted by molar-refractivity contribution is 5.97. The van der Waals surface area contributed by atoms with Crippen molar-refractivity contribution in [1.29, 1.82) is 0 Å². The van der Waals surface area contributed by atoms with E-state index < -0.39 is 0 Å².